The molecular formula is C15H16N4O3. The van der Waals surface area contributed by atoms with E-state index in [9.17, 15) is 14.4 Å². The first-order chi connectivity index (χ1) is 10.5. The Hall–Kier alpha value is -3.09. The third kappa shape index (κ3) is 2.83. The van der Waals surface area contributed by atoms with E-state index in [-0.39, 0.29) is 0 Å². The zero-order chi connectivity index (χ0) is 16.3. The number of hydrogen-bond acceptors (Lipinski definition) is 3. The van der Waals surface area contributed by atoms with Gasteiger partial charge in [-0.25, -0.2) is 0 Å². The van der Waals surface area contributed by atoms with Crippen molar-refractivity contribution in [3.63, 3.8) is 0 Å². The maximum atomic E-state index is 12.3. The fraction of sp³-hybridized carbons (Fsp3) is 0.133. The van der Waals surface area contributed by atoms with Gasteiger partial charge < -0.3 is 21.4 Å². The van der Waals surface area contributed by atoms with Crippen molar-refractivity contribution in [1.82, 2.24) is 9.88 Å². The summed E-state index contributed by atoms with van der Waals surface area (Å²) in [5.74, 6) is -2.60. The lowest BCUT2D eigenvalue weighted by Crippen LogP contribution is -2.52. The molecule has 22 heavy (non-hydrogen) atoms. The fourth-order valence-electron chi connectivity index (χ4n) is 2.21. The number of primary amides is 2. The van der Waals surface area contributed by atoms with Crippen molar-refractivity contribution >= 4 is 28.6 Å². The molecule has 7 nitrogen and oxygen atoms in total. The van der Waals surface area contributed by atoms with Crippen LogP contribution in [0, 0.1) is 0 Å². The third-order valence-electron chi connectivity index (χ3n) is 3.20. The average molecular weight is 300 g/mol. The number of nitrogens with one attached hydrogen (secondary N) is 1. The lowest BCUT2D eigenvalue weighted by Gasteiger charge is -2.11. The van der Waals surface area contributed by atoms with Crippen molar-refractivity contribution in [2.24, 2.45) is 11.5 Å². The Morgan fingerprint density at radius 2 is 1.86 bits per heavy atom. The van der Waals surface area contributed by atoms with Crippen LogP contribution in [0.4, 0.5) is 0 Å². The van der Waals surface area contributed by atoms with E-state index in [0.29, 0.717) is 17.5 Å². The number of hydrogen-bond donors (Lipinski definition) is 3. The molecule has 7 heteroatoms. The van der Waals surface area contributed by atoms with Crippen molar-refractivity contribution in [2.45, 2.75) is 12.6 Å². The number of nitrogens with zero attached hydrogens (tertiary/aromatic N) is 1. The van der Waals surface area contributed by atoms with E-state index in [0.717, 1.165) is 5.52 Å². The van der Waals surface area contributed by atoms with Crippen LogP contribution in [0.1, 0.15) is 10.4 Å². The summed E-state index contributed by atoms with van der Waals surface area (Å²) in [7, 11) is 0. The molecule has 0 aliphatic heterocycles. The minimum absolute atomic E-state index is 0.324. The van der Waals surface area contributed by atoms with Crippen molar-refractivity contribution in [3.8, 4) is 0 Å². The summed E-state index contributed by atoms with van der Waals surface area (Å²) in [6, 6.07) is 5.72. The molecule has 2 aromatic rings. The minimum atomic E-state index is -1.55. The van der Waals surface area contributed by atoms with Gasteiger partial charge in [0, 0.05) is 23.6 Å². The van der Waals surface area contributed by atoms with Crippen LogP contribution in [0.5, 0.6) is 0 Å². The van der Waals surface area contributed by atoms with E-state index in [1.54, 1.807) is 24.4 Å². The predicted octanol–water partition coefficient (Wildman–Crippen LogP) is -0.104. The van der Waals surface area contributed by atoms with Crippen LogP contribution in [-0.2, 0) is 16.1 Å². The number of amides is 3. The first kappa shape index (κ1) is 15.3. The molecular weight excluding hydrogens is 284 g/mol. The van der Waals surface area contributed by atoms with Gasteiger partial charge in [0.25, 0.3) is 5.91 Å². The molecule has 0 bridgehead atoms. The van der Waals surface area contributed by atoms with Crippen molar-refractivity contribution in [1.29, 1.82) is 0 Å². The second kappa shape index (κ2) is 6.13. The van der Waals surface area contributed by atoms with Crippen LogP contribution in [0.15, 0.2) is 43.1 Å². The van der Waals surface area contributed by atoms with E-state index in [2.05, 4.69) is 11.9 Å². The number of aromatic nitrogens is 1. The number of nitrogens with two attached hydrogens (primary N) is 2. The molecule has 1 heterocycles. The zero-order valence-electron chi connectivity index (χ0n) is 11.8. The van der Waals surface area contributed by atoms with E-state index in [1.165, 1.54) is 0 Å². The smallest absolute Gasteiger partial charge is 0.254 e. The molecule has 0 aliphatic rings. The molecule has 114 valence electrons. The largest absolute Gasteiger partial charge is 0.367 e. The molecule has 1 aromatic heterocycles. The van der Waals surface area contributed by atoms with Gasteiger partial charge >= 0.3 is 0 Å². The number of rotatable bonds is 6. The Kier molecular flexibility index (Phi) is 4.26. The van der Waals surface area contributed by atoms with E-state index in [4.69, 9.17) is 11.5 Å². The van der Waals surface area contributed by atoms with E-state index in [1.807, 2.05) is 16.7 Å². The quantitative estimate of drug-likeness (QED) is 0.510. The summed E-state index contributed by atoms with van der Waals surface area (Å²) in [6.07, 6.45) is 3.32. The number of carbonyl (C=O) groups excluding carboxylic acids is 3. The Morgan fingerprint density at radius 3 is 2.45 bits per heavy atom. The van der Waals surface area contributed by atoms with Crippen LogP contribution < -0.4 is 16.8 Å². The number of para-hydroxylation sites is 1. The summed E-state index contributed by atoms with van der Waals surface area (Å²) >= 11 is 0. The highest BCUT2D eigenvalue weighted by Gasteiger charge is 2.25. The van der Waals surface area contributed by atoms with Crippen molar-refractivity contribution in [2.75, 3.05) is 0 Å². The van der Waals surface area contributed by atoms with E-state index >= 15 is 0 Å². The maximum absolute atomic E-state index is 12.3. The highest BCUT2D eigenvalue weighted by Crippen LogP contribution is 2.21. The first-order valence-electron chi connectivity index (χ1n) is 6.54. The number of benzene rings is 1. The SMILES string of the molecule is C=CCn1cc(C(=O)NC(C(N)=O)C(N)=O)c2ccccc21. The molecule has 0 aliphatic carbocycles. The van der Waals surface area contributed by atoms with Gasteiger partial charge in [-0.1, -0.05) is 24.3 Å². The Labute approximate surface area is 126 Å². The lowest BCUT2D eigenvalue weighted by molar-refractivity contribution is -0.128. The van der Waals surface area contributed by atoms with Crippen molar-refractivity contribution < 1.29 is 14.4 Å². The van der Waals surface area contributed by atoms with Gasteiger partial charge in [-0.2, -0.15) is 0 Å². The van der Waals surface area contributed by atoms with Gasteiger partial charge in [0.05, 0.1) is 5.56 Å². The molecule has 2 rings (SSSR count). The summed E-state index contributed by atoms with van der Waals surface area (Å²) in [4.78, 5) is 34.7. The van der Waals surface area contributed by atoms with Crippen LogP contribution in [-0.4, -0.2) is 28.3 Å². The first-order valence-corrected chi connectivity index (χ1v) is 6.54. The molecule has 5 N–H and O–H groups in total. The van der Waals surface area contributed by atoms with Gasteiger partial charge in [0.1, 0.15) is 0 Å². The van der Waals surface area contributed by atoms with Crippen LogP contribution in [0.25, 0.3) is 10.9 Å². The number of allylic oxidation sites excluding steroid dienone is 1. The van der Waals surface area contributed by atoms with Gasteiger partial charge in [0.15, 0.2) is 6.04 Å². The lowest BCUT2D eigenvalue weighted by atomic mass is 10.1. The fourth-order valence-corrected chi connectivity index (χ4v) is 2.21. The van der Waals surface area contributed by atoms with Gasteiger partial charge in [-0.05, 0) is 6.07 Å². The predicted molar refractivity (Wildman–Crippen MR) is 81.8 cm³/mol. The van der Waals surface area contributed by atoms with E-state index < -0.39 is 23.8 Å². The molecule has 0 spiro atoms. The molecule has 3 amide bonds. The molecule has 0 radical (unpaired) electrons. The molecule has 0 saturated carbocycles. The third-order valence-corrected chi connectivity index (χ3v) is 3.20. The Bertz CT molecular complexity index is 749. The molecule has 1 aromatic carbocycles. The Balaban J connectivity index is 2.41. The standard InChI is InChI=1S/C15H16N4O3/c1-2-7-19-8-10(9-5-3-4-6-11(9)19)15(22)18-12(13(16)20)14(17)21/h2-6,8,12H,1,7H2,(H2,16,20)(H2,17,21)(H,18,22). The molecule has 0 unspecified atom stereocenters. The number of carbonyl (C=O) groups is 3. The van der Waals surface area contributed by atoms with Crippen molar-refractivity contribution in [3.05, 3.63) is 48.7 Å². The topological polar surface area (TPSA) is 120 Å². The summed E-state index contributed by atoms with van der Waals surface area (Å²) in [5.41, 5.74) is 11.3. The zero-order valence-corrected chi connectivity index (χ0v) is 11.8. The van der Waals surface area contributed by atoms with Gasteiger partial charge in [-0.3, -0.25) is 14.4 Å². The highest BCUT2D eigenvalue weighted by atomic mass is 16.2. The van der Waals surface area contributed by atoms with Crippen LogP contribution in [0.2, 0.25) is 0 Å². The molecule has 0 saturated heterocycles. The minimum Gasteiger partial charge on any atom is -0.367 e. The summed E-state index contributed by atoms with van der Waals surface area (Å²) in [6.45, 7) is 4.18. The summed E-state index contributed by atoms with van der Waals surface area (Å²) in [5, 5.41) is 2.94. The van der Waals surface area contributed by atoms with Gasteiger partial charge in [0.2, 0.25) is 11.8 Å². The average Bonchev–Trinajstić information content (AvgIpc) is 2.83. The second-order valence-corrected chi connectivity index (χ2v) is 4.71. The molecule has 0 atom stereocenters. The van der Waals surface area contributed by atoms with Gasteiger partial charge in [-0.15, -0.1) is 6.58 Å². The monoisotopic (exact) mass is 300 g/mol. The normalized spacial score (nSPS) is 10.6. The second-order valence-electron chi connectivity index (χ2n) is 4.71. The summed E-state index contributed by atoms with van der Waals surface area (Å²) < 4.78 is 1.83. The maximum Gasteiger partial charge on any atom is 0.254 e. The highest BCUT2D eigenvalue weighted by molar-refractivity contribution is 6.12. The number of fused-ring (bicyclic) bond motifs is 1. The van der Waals surface area contributed by atoms with Crippen LogP contribution >= 0.6 is 0 Å². The molecule has 0 fully saturated rings. The van der Waals surface area contributed by atoms with Crippen LogP contribution in [0.3, 0.4) is 0 Å². The Morgan fingerprint density at radius 1 is 1.23 bits per heavy atom.